The van der Waals surface area contributed by atoms with E-state index in [2.05, 4.69) is 4.90 Å². The summed E-state index contributed by atoms with van der Waals surface area (Å²) in [6.07, 6.45) is 3.36. The lowest BCUT2D eigenvalue weighted by Gasteiger charge is -2.36. The van der Waals surface area contributed by atoms with Crippen molar-refractivity contribution in [3.8, 4) is 0 Å². The van der Waals surface area contributed by atoms with Gasteiger partial charge in [0, 0.05) is 26.3 Å². The summed E-state index contributed by atoms with van der Waals surface area (Å²) in [6.45, 7) is 7.17. The Morgan fingerprint density at radius 3 is 2.59 bits per heavy atom. The van der Waals surface area contributed by atoms with E-state index in [1.54, 1.807) is 19.3 Å². The molecule has 2 aromatic heterocycles. The summed E-state index contributed by atoms with van der Waals surface area (Å²) in [7, 11) is 1.64. The Balaban J connectivity index is 1.94. The molecule has 2 saturated heterocycles. The molecular formula is C20H22N4O3S2. The normalized spacial score (nSPS) is 24.2. The predicted octanol–water partition coefficient (Wildman–Crippen LogP) is 2.45. The average Bonchev–Trinajstić information content (AvgIpc) is 2.90. The van der Waals surface area contributed by atoms with Crippen LogP contribution in [0.1, 0.15) is 25.0 Å². The number of amides is 1. The van der Waals surface area contributed by atoms with Gasteiger partial charge in [-0.25, -0.2) is 4.98 Å². The highest BCUT2D eigenvalue weighted by Crippen LogP contribution is 2.33. The van der Waals surface area contributed by atoms with Crippen LogP contribution in [0.5, 0.6) is 0 Å². The summed E-state index contributed by atoms with van der Waals surface area (Å²) in [6, 6.07) is 3.75. The Labute approximate surface area is 178 Å². The lowest BCUT2D eigenvalue weighted by atomic mass is 10.1. The molecule has 0 spiro atoms. The summed E-state index contributed by atoms with van der Waals surface area (Å²) in [5, 5.41) is 0. The largest absolute Gasteiger partial charge is 0.372 e. The first-order chi connectivity index (χ1) is 13.8. The number of carbonyl (C=O) groups is 1. The van der Waals surface area contributed by atoms with Gasteiger partial charge in [-0.15, -0.1) is 0 Å². The van der Waals surface area contributed by atoms with Gasteiger partial charge in [0.1, 0.15) is 15.8 Å². The van der Waals surface area contributed by atoms with Gasteiger partial charge in [-0.3, -0.25) is 18.9 Å². The summed E-state index contributed by atoms with van der Waals surface area (Å²) in [4.78, 5) is 34.7. The standard InChI is InChI=1S/C20H22N4O3S2/c1-11-6-5-7-24-16(11)21-17(23-9-12(2)27-13(3)10-23)14(18(24)25)8-15-19(26)22(4)20(28)29-15/h5-8,12-13H,9-10H2,1-4H3/b15-8-/t12-,13+. The topological polar surface area (TPSA) is 67.2 Å². The number of likely N-dealkylation sites (N-methyl/N-ethyl adjacent to an activating group) is 1. The number of anilines is 1. The second-order valence-electron chi connectivity index (χ2n) is 7.44. The molecule has 2 fully saturated rings. The molecule has 0 unspecified atom stereocenters. The quantitative estimate of drug-likeness (QED) is 0.536. The molecular weight excluding hydrogens is 408 g/mol. The van der Waals surface area contributed by atoms with Crippen molar-refractivity contribution in [1.82, 2.24) is 14.3 Å². The van der Waals surface area contributed by atoms with Crippen molar-refractivity contribution in [2.45, 2.75) is 33.0 Å². The predicted molar refractivity (Wildman–Crippen MR) is 119 cm³/mol. The Morgan fingerprint density at radius 2 is 1.97 bits per heavy atom. The van der Waals surface area contributed by atoms with Crippen LogP contribution in [-0.4, -0.2) is 56.9 Å². The van der Waals surface area contributed by atoms with Crippen LogP contribution in [0.15, 0.2) is 28.0 Å². The maximum atomic E-state index is 13.4. The van der Waals surface area contributed by atoms with Gasteiger partial charge in [0.25, 0.3) is 11.5 Å². The molecule has 0 N–H and O–H groups in total. The number of morpholine rings is 1. The second kappa shape index (κ2) is 7.55. The van der Waals surface area contributed by atoms with Crippen LogP contribution in [0.3, 0.4) is 0 Å². The van der Waals surface area contributed by atoms with Gasteiger partial charge in [-0.1, -0.05) is 30.0 Å². The molecule has 2 aromatic rings. The van der Waals surface area contributed by atoms with Crippen molar-refractivity contribution >= 4 is 51.7 Å². The summed E-state index contributed by atoms with van der Waals surface area (Å²) in [5.74, 6) is 0.371. The van der Waals surface area contributed by atoms with Crippen LogP contribution in [0.2, 0.25) is 0 Å². The number of thiocarbonyl (C=S) groups is 1. The van der Waals surface area contributed by atoms with Crippen molar-refractivity contribution in [2.75, 3.05) is 25.0 Å². The number of aryl methyl sites for hydroxylation is 1. The molecule has 29 heavy (non-hydrogen) atoms. The summed E-state index contributed by atoms with van der Waals surface area (Å²) < 4.78 is 7.85. The molecule has 4 heterocycles. The fourth-order valence-corrected chi connectivity index (χ4v) is 4.86. The van der Waals surface area contributed by atoms with E-state index < -0.39 is 0 Å². The van der Waals surface area contributed by atoms with Gasteiger partial charge in [0.2, 0.25) is 0 Å². The number of hydrogen-bond donors (Lipinski definition) is 0. The molecule has 2 aliphatic heterocycles. The van der Waals surface area contributed by atoms with E-state index in [9.17, 15) is 9.59 Å². The molecule has 9 heteroatoms. The summed E-state index contributed by atoms with van der Waals surface area (Å²) in [5.41, 5.74) is 1.70. The third-order valence-electron chi connectivity index (χ3n) is 5.05. The minimum Gasteiger partial charge on any atom is -0.372 e. The molecule has 152 valence electrons. The van der Waals surface area contributed by atoms with E-state index in [0.717, 1.165) is 5.56 Å². The SMILES string of the molecule is Cc1cccn2c(=O)c(/C=C3\SC(=S)N(C)C3=O)c(N3C[C@@H](C)O[C@@H](C)C3)nc12. The van der Waals surface area contributed by atoms with Crippen molar-refractivity contribution in [3.05, 3.63) is 44.7 Å². The van der Waals surface area contributed by atoms with Gasteiger partial charge < -0.3 is 9.64 Å². The highest BCUT2D eigenvalue weighted by atomic mass is 32.2. The summed E-state index contributed by atoms with van der Waals surface area (Å²) >= 11 is 6.43. The monoisotopic (exact) mass is 430 g/mol. The zero-order valence-corrected chi connectivity index (χ0v) is 18.3. The first kappa shape index (κ1) is 20.1. The smallest absolute Gasteiger partial charge is 0.267 e. The van der Waals surface area contributed by atoms with Crippen molar-refractivity contribution in [2.24, 2.45) is 0 Å². The van der Waals surface area contributed by atoms with Crippen LogP contribution in [0.25, 0.3) is 11.7 Å². The zero-order valence-electron chi connectivity index (χ0n) is 16.7. The molecule has 0 aliphatic carbocycles. The van der Waals surface area contributed by atoms with Crippen molar-refractivity contribution in [1.29, 1.82) is 0 Å². The number of thioether (sulfide) groups is 1. The number of pyridine rings is 1. The van der Waals surface area contributed by atoms with Crippen LogP contribution >= 0.6 is 24.0 Å². The average molecular weight is 431 g/mol. The fourth-order valence-electron chi connectivity index (χ4n) is 3.70. The van der Waals surface area contributed by atoms with E-state index in [-0.39, 0.29) is 23.7 Å². The lowest BCUT2D eigenvalue weighted by molar-refractivity contribution is -0.121. The van der Waals surface area contributed by atoms with E-state index in [1.165, 1.54) is 21.1 Å². The highest BCUT2D eigenvalue weighted by Gasteiger charge is 2.31. The third-order valence-corrected chi connectivity index (χ3v) is 6.53. The molecule has 4 rings (SSSR count). The molecule has 2 atom stereocenters. The Kier molecular flexibility index (Phi) is 5.22. The van der Waals surface area contributed by atoms with Crippen molar-refractivity contribution in [3.63, 3.8) is 0 Å². The van der Waals surface area contributed by atoms with E-state index in [1.807, 2.05) is 32.9 Å². The number of aromatic nitrogens is 2. The number of hydrogen-bond acceptors (Lipinski definition) is 7. The molecule has 2 aliphatic rings. The highest BCUT2D eigenvalue weighted by molar-refractivity contribution is 8.26. The molecule has 0 radical (unpaired) electrons. The number of ether oxygens (including phenoxy) is 1. The van der Waals surface area contributed by atoms with Crippen LogP contribution in [0.4, 0.5) is 5.82 Å². The molecule has 7 nitrogen and oxygen atoms in total. The molecule has 0 bridgehead atoms. The van der Waals surface area contributed by atoms with Crippen LogP contribution < -0.4 is 10.5 Å². The first-order valence-corrected chi connectivity index (χ1v) is 10.6. The molecule has 0 saturated carbocycles. The Bertz CT molecular complexity index is 1100. The number of rotatable bonds is 2. The molecule has 0 aromatic carbocycles. The van der Waals surface area contributed by atoms with Crippen LogP contribution in [-0.2, 0) is 9.53 Å². The maximum absolute atomic E-state index is 13.4. The maximum Gasteiger partial charge on any atom is 0.267 e. The zero-order chi connectivity index (χ0) is 20.9. The number of fused-ring (bicyclic) bond motifs is 1. The van der Waals surface area contributed by atoms with Gasteiger partial charge in [-0.05, 0) is 38.5 Å². The van der Waals surface area contributed by atoms with Crippen LogP contribution in [0, 0.1) is 6.92 Å². The van der Waals surface area contributed by atoms with E-state index >= 15 is 0 Å². The fraction of sp³-hybridized carbons (Fsp3) is 0.400. The first-order valence-electron chi connectivity index (χ1n) is 9.40. The molecule has 1 amide bonds. The van der Waals surface area contributed by atoms with E-state index in [4.69, 9.17) is 21.9 Å². The van der Waals surface area contributed by atoms with Gasteiger partial charge in [0.05, 0.1) is 22.7 Å². The van der Waals surface area contributed by atoms with Gasteiger partial charge in [-0.2, -0.15) is 0 Å². The Morgan fingerprint density at radius 1 is 1.28 bits per heavy atom. The van der Waals surface area contributed by atoms with Crippen molar-refractivity contribution < 1.29 is 9.53 Å². The van der Waals surface area contributed by atoms with Gasteiger partial charge >= 0.3 is 0 Å². The minimum atomic E-state index is -0.207. The second-order valence-corrected chi connectivity index (χ2v) is 9.12. The Hall–Kier alpha value is -2.23. The minimum absolute atomic E-state index is 0.0116. The number of carbonyl (C=O) groups excluding carboxylic acids is 1. The number of nitrogens with zero attached hydrogens (tertiary/aromatic N) is 4. The lowest BCUT2D eigenvalue weighted by Crippen LogP contribution is -2.46. The van der Waals surface area contributed by atoms with Gasteiger partial charge in [0.15, 0.2) is 0 Å². The third kappa shape index (κ3) is 3.58. The van der Waals surface area contributed by atoms with E-state index in [0.29, 0.717) is 39.3 Å².